The van der Waals surface area contributed by atoms with Crippen LogP contribution in [0.4, 0.5) is 0 Å². The summed E-state index contributed by atoms with van der Waals surface area (Å²) in [6, 6.07) is 2.01. The molecule has 3 aromatic heterocycles. The molecular formula is C15H17N5OS. The molecule has 0 saturated carbocycles. The minimum atomic E-state index is 0.610. The first kappa shape index (κ1) is 13.7. The molecule has 0 aromatic carbocycles. The lowest BCUT2D eigenvalue weighted by Gasteiger charge is -2.30. The van der Waals surface area contributed by atoms with E-state index in [0.717, 1.165) is 38.0 Å². The van der Waals surface area contributed by atoms with E-state index in [1.807, 2.05) is 29.2 Å². The fourth-order valence-corrected chi connectivity index (χ4v) is 3.56. The number of rotatable bonds is 4. The first-order valence-corrected chi connectivity index (χ1v) is 8.39. The van der Waals surface area contributed by atoms with Crippen LogP contribution in [0.1, 0.15) is 30.2 Å². The molecule has 1 aliphatic rings. The lowest BCUT2D eigenvalue weighted by atomic mass is 9.92. The van der Waals surface area contributed by atoms with E-state index in [9.17, 15) is 0 Å². The summed E-state index contributed by atoms with van der Waals surface area (Å²) >= 11 is 1.64. The van der Waals surface area contributed by atoms with Crippen molar-refractivity contribution in [1.82, 2.24) is 25.2 Å². The zero-order valence-electron chi connectivity index (χ0n) is 12.1. The van der Waals surface area contributed by atoms with E-state index in [2.05, 4.69) is 25.2 Å². The Hall–Kier alpha value is -1.99. The summed E-state index contributed by atoms with van der Waals surface area (Å²) in [4.78, 5) is 6.86. The van der Waals surface area contributed by atoms with Crippen molar-refractivity contribution < 1.29 is 4.52 Å². The standard InChI is InChI=1S/C15H17N5OS/c1-4-20(5-2-11(1)13-7-16-17-8-13)9-14-18-15(19-21-14)12-3-6-22-10-12/h3,6-8,10-11H,1-2,4-5,9H2,(H,16,17). The van der Waals surface area contributed by atoms with E-state index < -0.39 is 0 Å². The molecule has 0 aliphatic carbocycles. The van der Waals surface area contributed by atoms with Gasteiger partial charge in [-0.25, -0.2) is 0 Å². The van der Waals surface area contributed by atoms with Crippen LogP contribution < -0.4 is 0 Å². The smallest absolute Gasteiger partial charge is 0.241 e. The molecule has 0 bridgehead atoms. The van der Waals surface area contributed by atoms with Crippen LogP contribution in [0.5, 0.6) is 0 Å². The highest BCUT2D eigenvalue weighted by Gasteiger charge is 2.22. The third-order valence-corrected chi connectivity index (χ3v) is 4.87. The van der Waals surface area contributed by atoms with Crippen molar-refractivity contribution in [3.8, 4) is 11.4 Å². The van der Waals surface area contributed by atoms with Gasteiger partial charge in [0.15, 0.2) is 0 Å². The van der Waals surface area contributed by atoms with Crippen molar-refractivity contribution in [2.24, 2.45) is 0 Å². The Labute approximate surface area is 132 Å². The molecule has 1 aliphatic heterocycles. The number of piperidine rings is 1. The molecule has 1 N–H and O–H groups in total. The molecule has 4 rings (SSSR count). The van der Waals surface area contributed by atoms with E-state index in [1.165, 1.54) is 5.56 Å². The van der Waals surface area contributed by atoms with Gasteiger partial charge in [-0.2, -0.15) is 21.4 Å². The minimum absolute atomic E-state index is 0.610. The van der Waals surface area contributed by atoms with Gasteiger partial charge in [0.05, 0.1) is 12.7 Å². The van der Waals surface area contributed by atoms with Crippen LogP contribution in [-0.2, 0) is 6.54 Å². The highest BCUT2D eigenvalue weighted by molar-refractivity contribution is 7.08. The fourth-order valence-electron chi connectivity index (χ4n) is 2.93. The van der Waals surface area contributed by atoms with Gasteiger partial charge in [-0.3, -0.25) is 10.00 Å². The Morgan fingerprint density at radius 3 is 3.00 bits per heavy atom. The Kier molecular flexibility index (Phi) is 3.74. The third-order valence-electron chi connectivity index (χ3n) is 4.18. The molecule has 0 amide bonds. The number of nitrogens with one attached hydrogen (secondary N) is 1. The Bertz CT molecular complexity index is 698. The summed E-state index contributed by atoms with van der Waals surface area (Å²) in [6.07, 6.45) is 6.23. The topological polar surface area (TPSA) is 70.8 Å². The first-order chi connectivity index (χ1) is 10.9. The van der Waals surface area contributed by atoms with Crippen molar-refractivity contribution in [3.63, 3.8) is 0 Å². The molecule has 1 saturated heterocycles. The predicted molar refractivity (Wildman–Crippen MR) is 83.5 cm³/mol. The quantitative estimate of drug-likeness (QED) is 0.801. The van der Waals surface area contributed by atoms with Crippen LogP contribution in [0, 0.1) is 0 Å². The molecule has 0 unspecified atom stereocenters. The maximum Gasteiger partial charge on any atom is 0.241 e. The van der Waals surface area contributed by atoms with Gasteiger partial charge in [-0.1, -0.05) is 5.16 Å². The lowest BCUT2D eigenvalue weighted by Crippen LogP contribution is -2.32. The SMILES string of the molecule is c1cc(-c2noc(CN3CCC(c4cn[nH]c4)CC3)n2)cs1. The maximum atomic E-state index is 5.38. The molecule has 1 fully saturated rings. The number of thiophene rings is 1. The second-order valence-electron chi connectivity index (χ2n) is 5.61. The summed E-state index contributed by atoms with van der Waals surface area (Å²) in [5.74, 6) is 1.99. The number of nitrogens with zero attached hydrogens (tertiary/aromatic N) is 4. The van der Waals surface area contributed by atoms with Gasteiger partial charge in [0.25, 0.3) is 0 Å². The van der Waals surface area contributed by atoms with Crippen molar-refractivity contribution >= 4 is 11.3 Å². The summed E-state index contributed by atoms with van der Waals surface area (Å²) in [5, 5.41) is 15.1. The molecule has 6 nitrogen and oxygen atoms in total. The van der Waals surface area contributed by atoms with E-state index >= 15 is 0 Å². The average molecular weight is 315 g/mol. The van der Waals surface area contributed by atoms with Crippen molar-refractivity contribution in [1.29, 1.82) is 0 Å². The van der Waals surface area contributed by atoms with Crippen LogP contribution in [0.25, 0.3) is 11.4 Å². The van der Waals surface area contributed by atoms with E-state index in [1.54, 1.807) is 11.3 Å². The van der Waals surface area contributed by atoms with Gasteiger partial charge in [0, 0.05) is 17.1 Å². The van der Waals surface area contributed by atoms with Gasteiger partial charge < -0.3 is 4.52 Å². The molecule has 0 spiro atoms. The predicted octanol–water partition coefficient (Wildman–Crippen LogP) is 2.90. The third kappa shape index (κ3) is 2.82. The summed E-state index contributed by atoms with van der Waals surface area (Å²) in [6.45, 7) is 2.83. The van der Waals surface area contributed by atoms with Gasteiger partial charge in [-0.05, 0) is 48.9 Å². The monoisotopic (exact) mass is 315 g/mol. The Balaban J connectivity index is 1.35. The molecule has 3 aromatic rings. The van der Waals surface area contributed by atoms with Crippen molar-refractivity contribution in [2.75, 3.05) is 13.1 Å². The second kappa shape index (κ2) is 6.02. The number of aromatic nitrogens is 4. The second-order valence-corrected chi connectivity index (χ2v) is 6.39. The van der Waals surface area contributed by atoms with E-state index in [0.29, 0.717) is 17.6 Å². The first-order valence-electron chi connectivity index (χ1n) is 7.44. The van der Waals surface area contributed by atoms with Crippen LogP contribution in [-0.4, -0.2) is 38.3 Å². The number of hydrogen-bond acceptors (Lipinski definition) is 6. The molecule has 0 radical (unpaired) electrons. The fraction of sp³-hybridized carbons (Fsp3) is 0.400. The molecule has 114 valence electrons. The molecule has 4 heterocycles. The number of likely N-dealkylation sites (tertiary alicyclic amines) is 1. The molecule has 22 heavy (non-hydrogen) atoms. The maximum absolute atomic E-state index is 5.38. The van der Waals surface area contributed by atoms with Gasteiger partial charge in [0.1, 0.15) is 0 Å². The summed E-state index contributed by atoms with van der Waals surface area (Å²) < 4.78 is 5.38. The van der Waals surface area contributed by atoms with E-state index in [-0.39, 0.29) is 0 Å². The van der Waals surface area contributed by atoms with E-state index in [4.69, 9.17) is 4.52 Å². The number of H-pyrrole nitrogens is 1. The highest BCUT2D eigenvalue weighted by atomic mass is 32.1. The molecule has 0 atom stereocenters. The average Bonchev–Trinajstić information content (AvgIpc) is 3.30. The zero-order valence-corrected chi connectivity index (χ0v) is 12.9. The normalized spacial score (nSPS) is 17.1. The van der Waals surface area contributed by atoms with Crippen LogP contribution >= 0.6 is 11.3 Å². The Morgan fingerprint density at radius 1 is 1.36 bits per heavy atom. The number of aromatic amines is 1. The van der Waals surface area contributed by atoms with Crippen molar-refractivity contribution in [2.45, 2.75) is 25.3 Å². The zero-order chi connectivity index (χ0) is 14.8. The van der Waals surface area contributed by atoms with Crippen molar-refractivity contribution in [3.05, 3.63) is 40.7 Å². The molecular weight excluding hydrogens is 298 g/mol. The van der Waals surface area contributed by atoms with Gasteiger partial charge in [-0.15, -0.1) is 0 Å². The largest absolute Gasteiger partial charge is 0.338 e. The van der Waals surface area contributed by atoms with Crippen LogP contribution in [0.15, 0.2) is 33.7 Å². The molecule has 7 heteroatoms. The minimum Gasteiger partial charge on any atom is -0.338 e. The lowest BCUT2D eigenvalue weighted by molar-refractivity contribution is 0.181. The number of hydrogen-bond donors (Lipinski definition) is 1. The van der Waals surface area contributed by atoms with Crippen LogP contribution in [0.3, 0.4) is 0 Å². The van der Waals surface area contributed by atoms with Gasteiger partial charge >= 0.3 is 0 Å². The van der Waals surface area contributed by atoms with Gasteiger partial charge in [0.2, 0.25) is 11.7 Å². The highest BCUT2D eigenvalue weighted by Crippen LogP contribution is 2.28. The summed E-state index contributed by atoms with van der Waals surface area (Å²) in [5.41, 5.74) is 2.34. The Morgan fingerprint density at radius 2 is 2.27 bits per heavy atom. The van der Waals surface area contributed by atoms with Crippen LogP contribution in [0.2, 0.25) is 0 Å². The summed E-state index contributed by atoms with van der Waals surface area (Å²) in [7, 11) is 0.